The molecule has 0 atom stereocenters. The van der Waals surface area contributed by atoms with E-state index in [1.165, 1.54) is 5.56 Å². The highest BCUT2D eigenvalue weighted by atomic mass is 15.3. The minimum atomic E-state index is 0.354. The van der Waals surface area contributed by atoms with Crippen molar-refractivity contribution in [3.05, 3.63) is 17.0 Å². The highest BCUT2D eigenvalue weighted by molar-refractivity contribution is 5.24. The Bertz CT molecular complexity index is 317. The second kappa shape index (κ2) is 3.40. The number of rotatable bonds is 2. The fraction of sp³-hybridized carbons (Fsp3) is 0.556. The summed E-state index contributed by atoms with van der Waals surface area (Å²) in [5.41, 5.74) is 3.44. The highest BCUT2D eigenvalue weighted by Gasteiger charge is 2.08. The predicted octanol–water partition coefficient (Wildman–Crippen LogP) is 1.59. The van der Waals surface area contributed by atoms with Crippen molar-refractivity contribution in [3.63, 3.8) is 0 Å². The predicted molar refractivity (Wildman–Crippen MR) is 46.7 cm³/mol. The van der Waals surface area contributed by atoms with Gasteiger partial charge in [-0.05, 0) is 25.8 Å². The van der Waals surface area contributed by atoms with Crippen molar-refractivity contribution in [1.82, 2.24) is 9.78 Å². The SMILES string of the molecule is CCc1c(C)nn(CC#N)c1C. The number of nitrogens with zero attached hydrogens (tertiary/aromatic N) is 3. The van der Waals surface area contributed by atoms with Crippen LogP contribution in [0.4, 0.5) is 0 Å². The zero-order chi connectivity index (χ0) is 9.14. The number of aryl methyl sites for hydroxylation is 1. The van der Waals surface area contributed by atoms with Gasteiger partial charge in [0.2, 0.25) is 0 Å². The van der Waals surface area contributed by atoms with E-state index in [-0.39, 0.29) is 0 Å². The average molecular weight is 163 g/mol. The second-order valence-corrected chi connectivity index (χ2v) is 2.82. The molecule has 0 fully saturated rings. The zero-order valence-electron chi connectivity index (χ0n) is 7.76. The normalized spacial score (nSPS) is 9.83. The third-order valence-corrected chi connectivity index (χ3v) is 2.11. The summed E-state index contributed by atoms with van der Waals surface area (Å²) in [6, 6.07) is 2.09. The van der Waals surface area contributed by atoms with Crippen molar-refractivity contribution >= 4 is 0 Å². The van der Waals surface area contributed by atoms with Crippen molar-refractivity contribution in [2.45, 2.75) is 33.7 Å². The van der Waals surface area contributed by atoms with Crippen LogP contribution < -0.4 is 0 Å². The summed E-state index contributed by atoms with van der Waals surface area (Å²) >= 11 is 0. The topological polar surface area (TPSA) is 41.6 Å². The Morgan fingerprint density at radius 1 is 1.50 bits per heavy atom. The van der Waals surface area contributed by atoms with Crippen LogP contribution in [0.25, 0.3) is 0 Å². The van der Waals surface area contributed by atoms with E-state index in [1.807, 2.05) is 13.8 Å². The molecule has 64 valence electrons. The molecular formula is C9H13N3. The largest absolute Gasteiger partial charge is 0.255 e. The highest BCUT2D eigenvalue weighted by Crippen LogP contribution is 2.12. The van der Waals surface area contributed by atoms with E-state index < -0.39 is 0 Å². The summed E-state index contributed by atoms with van der Waals surface area (Å²) in [6.07, 6.45) is 0.989. The molecule has 0 spiro atoms. The number of aromatic nitrogens is 2. The number of nitriles is 1. The maximum atomic E-state index is 8.51. The van der Waals surface area contributed by atoms with E-state index in [4.69, 9.17) is 5.26 Å². The van der Waals surface area contributed by atoms with Crippen LogP contribution in [0.3, 0.4) is 0 Å². The molecule has 1 aromatic rings. The number of hydrogen-bond donors (Lipinski definition) is 0. The van der Waals surface area contributed by atoms with Crippen molar-refractivity contribution in [2.75, 3.05) is 0 Å². The van der Waals surface area contributed by atoms with E-state index >= 15 is 0 Å². The van der Waals surface area contributed by atoms with E-state index in [0.29, 0.717) is 6.54 Å². The lowest BCUT2D eigenvalue weighted by Gasteiger charge is -1.97. The van der Waals surface area contributed by atoms with Crippen molar-refractivity contribution in [1.29, 1.82) is 5.26 Å². The summed E-state index contributed by atoms with van der Waals surface area (Å²) in [5.74, 6) is 0. The molecule has 1 rings (SSSR count). The first-order valence-corrected chi connectivity index (χ1v) is 4.10. The van der Waals surface area contributed by atoms with Gasteiger partial charge >= 0.3 is 0 Å². The first-order valence-electron chi connectivity index (χ1n) is 4.10. The Balaban J connectivity index is 3.10. The molecule has 0 saturated carbocycles. The Labute approximate surface area is 72.6 Å². The maximum absolute atomic E-state index is 8.51. The molecule has 0 aliphatic heterocycles. The molecule has 1 heterocycles. The molecule has 3 nitrogen and oxygen atoms in total. The third kappa shape index (κ3) is 1.33. The van der Waals surface area contributed by atoms with Crippen molar-refractivity contribution < 1.29 is 0 Å². The lowest BCUT2D eigenvalue weighted by molar-refractivity contribution is 0.678. The van der Waals surface area contributed by atoms with Gasteiger partial charge < -0.3 is 0 Å². The third-order valence-electron chi connectivity index (χ3n) is 2.11. The van der Waals surface area contributed by atoms with Gasteiger partial charge in [-0.2, -0.15) is 10.4 Å². The van der Waals surface area contributed by atoms with Gasteiger partial charge in [0.15, 0.2) is 0 Å². The quantitative estimate of drug-likeness (QED) is 0.664. The van der Waals surface area contributed by atoms with Gasteiger partial charge in [-0.25, -0.2) is 0 Å². The van der Waals surface area contributed by atoms with E-state index in [2.05, 4.69) is 18.1 Å². The van der Waals surface area contributed by atoms with Gasteiger partial charge in [-0.15, -0.1) is 0 Å². The molecule has 0 saturated heterocycles. The molecule has 0 radical (unpaired) electrons. The van der Waals surface area contributed by atoms with E-state index in [9.17, 15) is 0 Å². The molecular weight excluding hydrogens is 150 g/mol. The van der Waals surface area contributed by atoms with Crippen LogP contribution in [0.2, 0.25) is 0 Å². The minimum Gasteiger partial charge on any atom is -0.255 e. The van der Waals surface area contributed by atoms with E-state index in [1.54, 1.807) is 4.68 Å². The Morgan fingerprint density at radius 2 is 2.17 bits per heavy atom. The molecule has 0 aliphatic carbocycles. The fourth-order valence-corrected chi connectivity index (χ4v) is 1.47. The van der Waals surface area contributed by atoms with Crippen LogP contribution in [0.1, 0.15) is 23.9 Å². The zero-order valence-corrected chi connectivity index (χ0v) is 7.76. The summed E-state index contributed by atoms with van der Waals surface area (Å²) in [6.45, 7) is 6.45. The Morgan fingerprint density at radius 3 is 2.58 bits per heavy atom. The minimum absolute atomic E-state index is 0.354. The molecule has 0 unspecified atom stereocenters. The molecule has 0 aliphatic rings. The molecule has 1 aromatic heterocycles. The van der Waals surface area contributed by atoms with E-state index in [0.717, 1.165) is 17.8 Å². The smallest absolute Gasteiger partial charge is 0.128 e. The van der Waals surface area contributed by atoms with Gasteiger partial charge in [-0.3, -0.25) is 4.68 Å². The van der Waals surface area contributed by atoms with Crippen molar-refractivity contribution in [3.8, 4) is 6.07 Å². The fourth-order valence-electron chi connectivity index (χ4n) is 1.47. The summed E-state index contributed by atoms with van der Waals surface area (Å²) in [4.78, 5) is 0. The Hall–Kier alpha value is -1.30. The first kappa shape index (κ1) is 8.79. The van der Waals surface area contributed by atoms with Gasteiger partial charge in [0, 0.05) is 5.69 Å². The molecule has 3 heteroatoms. The van der Waals surface area contributed by atoms with Crippen LogP contribution in [-0.4, -0.2) is 9.78 Å². The summed E-state index contributed by atoms with van der Waals surface area (Å²) in [7, 11) is 0. The molecule has 0 bridgehead atoms. The van der Waals surface area contributed by atoms with Crippen LogP contribution in [-0.2, 0) is 13.0 Å². The Kier molecular flexibility index (Phi) is 2.49. The summed E-state index contributed by atoms with van der Waals surface area (Å²) < 4.78 is 1.76. The average Bonchev–Trinajstić information content (AvgIpc) is 2.29. The number of hydrogen-bond acceptors (Lipinski definition) is 2. The van der Waals surface area contributed by atoms with Gasteiger partial charge in [0.25, 0.3) is 0 Å². The molecule has 12 heavy (non-hydrogen) atoms. The lowest BCUT2D eigenvalue weighted by atomic mass is 10.1. The first-order chi connectivity index (χ1) is 5.70. The van der Waals surface area contributed by atoms with Crippen LogP contribution in [0.15, 0.2) is 0 Å². The van der Waals surface area contributed by atoms with Crippen LogP contribution in [0.5, 0.6) is 0 Å². The monoisotopic (exact) mass is 163 g/mol. The molecule has 0 N–H and O–H groups in total. The molecule has 0 aromatic carbocycles. The van der Waals surface area contributed by atoms with Crippen molar-refractivity contribution in [2.24, 2.45) is 0 Å². The molecule has 0 amide bonds. The second-order valence-electron chi connectivity index (χ2n) is 2.82. The van der Waals surface area contributed by atoms with Crippen LogP contribution in [0, 0.1) is 25.2 Å². The standard InChI is InChI=1S/C9H13N3/c1-4-9-7(2)11-12(6-5-10)8(9)3/h4,6H2,1-3H3. The van der Waals surface area contributed by atoms with Gasteiger partial charge in [-0.1, -0.05) is 6.92 Å². The summed E-state index contributed by atoms with van der Waals surface area (Å²) in [5, 5.41) is 12.8. The lowest BCUT2D eigenvalue weighted by Crippen LogP contribution is -2.00. The van der Waals surface area contributed by atoms with Crippen LogP contribution >= 0.6 is 0 Å². The van der Waals surface area contributed by atoms with Gasteiger partial charge in [0.05, 0.1) is 11.8 Å². The maximum Gasteiger partial charge on any atom is 0.128 e. The van der Waals surface area contributed by atoms with Gasteiger partial charge in [0.1, 0.15) is 6.54 Å².